The van der Waals surface area contributed by atoms with Gasteiger partial charge in [0.05, 0.1) is 7.11 Å². The Morgan fingerprint density at radius 3 is 2.95 bits per heavy atom. The highest BCUT2D eigenvalue weighted by molar-refractivity contribution is 9.10. The van der Waals surface area contributed by atoms with Gasteiger partial charge in [0.1, 0.15) is 0 Å². The first kappa shape index (κ1) is 14.3. The predicted molar refractivity (Wildman–Crippen MR) is 80.6 cm³/mol. The van der Waals surface area contributed by atoms with Crippen molar-refractivity contribution >= 4 is 55.7 Å². The molecule has 0 spiro atoms. The van der Waals surface area contributed by atoms with Gasteiger partial charge >= 0.3 is 5.97 Å². The molecule has 1 heterocycles. The summed E-state index contributed by atoms with van der Waals surface area (Å²) in [6, 6.07) is 5.79. The van der Waals surface area contributed by atoms with Crippen LogP contribution >= 0.6 is 38.9 Å². The van der Waals surface area contributed by atoms with Crippen molar-refractivity contribution in [3.63, 3.8) is 0 Å². The molecule has 0 aliphatic heterocycles. The molecule has 100 valence electrons. The number of thiazole rings is 1. The van der Waals surface area contributed by atoms with Gasteiger partial charge in [0, 0.05) is 10.2 Å². The Balaban J connectivity index is 2.29. The number of nitrogens with one attached hydrogen (secondary N) is 1. The Bertz CT molecular complexity index is 630. The summed E-state index contributed by atoms with van der Waals surface area (Å²) >= 11 is 10.5. The van der Waals surface area contributed by atoms with Crippen molar-refractivity contribution in [3.8, 4) is 0 Å². The molecule has 2 rings (SSSR count). The molecule has 0 aliphatic carbocycles. The molecule has 0 atom stereocenters. The highest BCUT2D eigenvalue weighted by atomic mass is 79.9. The van der Waals surface area contributed by atoms with Gasteiger partial charge < -0.3 is 10.1 Å². The molecule has 4 nitrogen and oxygen atoms in total. The van der Waals surface area contributed by atoms with Crippen LogP contribution in [-0.2, 0) is 4.74 Å². The summed E-state index contributed by atoms with van der Waals surface area (Å²) in [6.45, 7) is 1.98. The van der Waals surface area contributed by atoms with E-state index in [0.29, 0.717) is 10.0 Å². The fourth-order valence-corrected chi connectivity index (χ4v) is 2.91. The maximum absolute atomic E-state index is 11.4. The molecular formula is C12H10BrClN2O2S. The first-order valence-electron chi connectivity index (χ1n) is 5.29. The van der Waals surface area contributed by atoms with Crippen molar-refractivity contribution in [3.05, 3.63) is 38.3 Å². The zero-order valence-electron chi connectivity index (χ0n) is 10.2. The van der Waals surface area contributed by atoms with Crippen molar-refractivity contribution in [2.24, 2.45) is 0 Å². The Kier molecular flexibility index (Phi) is 4.44. The Labute approximate surface area is 127 Å². The van der Waals surface area contributed by atoms with Crippen molar-refractivity contribution in [2.75, 3.05) is 12.4 Å². The smallest absolute Gasteiger partial charge is 0.351 e. The van der Waals surface area contributed by atoms with E-state index in [1.54, 1.807) is 0 Å². The molecule has 0 saturated carbocycles. The van der Waals surface area contributed by atoms with Crippen LogP contribution in [0.5, 0.6) is 0 Å². The average Bonchev–Trinajstić information content (AvgIpc) is 2.75. The van der Waals surface area contributed by atoms with Gasteiger partial charge in [-0.15, -0.1) is 0 Å². The molecule has 2 aromatic rings. The van der Waals surface area contributed by atoms with Gasteiger partial charge in [-0.2, -0.15) is 0 Å². The maximum Gasteiger partial charge on any atom is 0.351 e. The highest BCUT2D eigenvalue weighted by Gasteiger charge is 2.17. The molecule has 0 fully saturated rings. The lowest BCUT2D eigenvalue weighted by Gasteiger charge is -2.07. The number of nitrogens with zero attached hydrogens (tertiary/aromatic N) is 1. The number of hydrogen-bond donors (Lipinski definition) is 1. The minimum Gasteiger partial charge on any atom is -0.465 e. The third-order valence-corrected chi connectivity index (χ3v) is 4.66. The zero-order valence-corrected chi connectivity index (χ0v) is 13.3. The van der Waals surface area contributed by atoms with E-state index in [1.807, 2.05) is 25.1 Å². The van der Waals surface area contributed by atoms with Crippen molar-refractivity contribution in [1.29, 1.82) is 0 Å². The van der Waals surface area contributed by atoms with Gasteiger partial charge in [0.15, 0.2) is 15.2 Å². The molecule has 0 aliphatic rings. The first-order valence-corrected chi connectivity index (χ1v) is 7.28. The van der Waals surface area contributed by atoms with Gasteiger partial charge in [-0.3, -0.25) is 0 Å². The molecule has 0 unspecified atom stereocenters. The van der Waals surface area contributed by atoms with E-state index in [4.69, 9.17) is 11.6 Å². The number of hydrogen-bond acceptors (Lipinski definition) is 5. The molecule has 0 amide bonds. The van der Waals surface area contributed by atoms with Crippen LogP contribution in [0.4, 0.5) is 10.8 Å². The van der Waals surface area contributed by atoms with Gasteiger partial charge in [0.25, 0.3) is 0 Å². The number of ether oxygens (including phenoxy) is 1. The summed E-state index contributed by atoms with van der Waals surface area (Å²) in [5.74, 6) is -0.485. The number of methoxy groups -OCH3 is 1. The molecule has 0 saturated heterocycles. The van der Waals surface area contributed by atoms with E-state index in [1.165, 1.54) is 7.11 Å². The molecule has 0 bridgehead atoms. The topological polar surface area (TPSA) is 51.2 Å². The summed E-state index contributed by atoms with van der Waals surface area (Å²) in [6.07, 6.45) is 0. The number of esters is 1. The van der Waals surface area contributed by atoms with Crippen LogP contribution in [0.3, 0.4) is 0 Å². The first-order chi connectivity index (χ1) is 9.02. The third-order valence-electron chi connectivity index (χ3n) is 2.47. The normalized spacial score (nSPS) is 10.3. The van der Waals surface area contributed by atoms with Crippen molar-refractivity contribution in [1.82, 2.24) is 4.98 Å². The van der Waals surface area contributed by atoms with E-state index in [2.05, 4.69) is 31.0 Å². The summed E-state index contributed by atoms with van der Waals surface area (Å²) in [7, 11) is 1.31. The van der Waals surface area contributed by atoms with Gasteiger partial charge in [-0.05, 0) is 24.6 Å². The molecule has 7 heteroatoms. The van der Waals surface area contributed by atoms with Gasteiger partial charge in [0.2, 0.25) is 0 Å². The number of anilines is 2. The van der Waals surface area contributed by atoms with Crippen LogP contribution in [-0.4, -0.2) is 18.1 Å². The quantitative estimate of drug-likeness (QED) is 0.823. The zero-order chi connectivity index (χ0) is 14.0. The van der Waals surface area contributed by atoms with Crippen molar-refractivity contribution < 1.29 is 9.53 Å². The number of carbonyl (C=O) groups is 1. The monoisotopic (exact) mass is 360 g/mol. The van der Waals surface area contributed by atoms with Crippen LogP contribution in [0.15, 0.2) is 22.7 Å². The second kappa shape index (κ2) is 5.90. The van der Waals surface area contributed by atoms with Crippen LogP contribution < -0.4 is 5.32 Å². The Hall–Kier alpha value is -1.11. The summed E-state index contributed by atoms with van der Waals surface area (Å²) in [5, 5.41) is 3.83. The molecule has 19 heavy (non-hydrogen) atoms. The lowest BCUT2D eigenvalue weighted by Crippen LogP contribution is -1.98. The molecule has 1 N–H and O–H groups in total. The fourth-order valence-electron chi connectivity index (χ4n) is 1.43. The van der Waals surface area contributed by atoms with E-state index < -0.39 is 5.97 Å². The lowest BCUT2D eigenvalue weighted by molar-refractivity contribution is 0.0606. The third kappa shape index (κ3) is 3.08. The van der Waals surface area contributed by atoms with Gasteiger partial charge in [-0.1, -0.05) is 44.9 Å². The van der Waals surface area contributed by atoms with Crippen LogP contribution in [0.2, 0.25) is 5.15 Å². The maximum atomic E-state index is 11.4. The predicted octanol–water partition coefficient (Wildman–Crippen LogP) is 4.40. The average molecular weight is 362 g/mol. The summed E-state index contributed by atoms with van der Waals surface area (Å²) < 4.78 is 5.63. The SMILES string of the molecule is COC(=O)c1sc(Nc2cccc(Br)c2C)nc1Cl. The Morgan fingerprint density at radius 2 is 2.26 bits per heavy atom. The highest BCUT2D eigenvalue weighted by Crippen LogP contribution is 2.32. The number of carbonyl (C=O) groups excluding carboxylic acids is 1. The van der Waals surface area contributed by atoms with Crippen molar-refractivity contribution in [2.45, 2.75) is 6.92 Å². The lowest BCUT2D eigenvalue weighted by atomic mass is 10.2. The number of halogens is 2. The van der Waals surface area contributed by atoms with E-state index in [0.717, 1.165) is 27.1 Å². The number of benzene rings is 1. The molecular weight excluding hydrogens is 352 g/mol. The minimum atomic E-state index is -0.485. The Morgan fingerprint density at radius 1 is 1.53 bits per heavy atom. The minimum absolute atomic E-state index is 0.145. The summed E-state index contributed by atoms with van der Waals surface area (Å²) in [4.78, 5) is 15.8. The van der Waals surface area contributed by atoms with E-state index in [9.17, 15) is 4.79 Å². The number of rotatable bonds is 3. The standard InChI is InChI=1S/C12H10BrClN2O2S/c1-6-7(13)4-3-5-8(6)15-12-16-10(14)9(19-12)11(17)18-2/h3-5H,1-2H3,(H,15,16). The van der Waals surface area contributed by atoms with Gasteiger partial charge in [-0.25, -0.2) is 9.78 Å². The molecule has 0 radical (unpaired) electrons. The number of aromatic nitrogens is 1. The molecule has 1 aromatic heterocycles. The van der Waals surface area contributed by atoms with Crippen LogP contribution in [0.25, 0.3) is 0 Å². The van der Waals surface area contributed by atoms with E-state index >= 15 is 0 Å². The second-order valence-electron chi connectivity index (χ2n) is 3.67. The van der Waals surface area contributed by atoms with Crippen LogP contribution in [0.1, 0.15) is 15.2 Å². The largest absolute Gasteiger partial charge is 0.465 e. The fraction of sp³-hybridized carbons (Fsp3) is 0.167. The second-order valence-corrected chi connectivity index (χ2v) is 5.88. The molecule has 1 aromatic carbocycles. The van der Waals surface area contributed by atoms with Crippen LogP contribution in [0, 0.1) is 6.92 Å². The summed E-state index contributed by atoms with van der Waals surface area (Å²) in [5.41, 5.74) is 1.95. The van der Waals surface area contributed by atoms with E-state index in [-0.39, 0.29) is 5.15 Å².